The van der Waals surface area contributed by atoms with Gasteiger partial charge in [0.25, 0.3) is 0 Å². The van der Waals surface area contributed by atoms with Crippen LogP contribution in [-0.2, 0) is 0 Å². The van der Waals surface area contributed by atoms with E-state index in [1.54, 1.807) is 13.4 Å². The molecule has 0 saturated carbocycles. The zero-order valence-corrected chi connectivity index (χ0v) is 22.0. The summed E-state index contributed by atoms with van der Waals surface area (Å²) in [6.45, 7) is 12.3. The number of likely N-dealkylation sites (tertiary alicyclic amines) is 1. The standard InChI is InChI=1S/C26H33ClN6O2/c1-14(2)7-19(34)12-32-10-18(11-32)24-21(9-28)22(27)8-20(25(24)35-6)17(5)33-26-23(16(4)31-33)15(3)29-13-30-26/h8,13-14,17-19,34H,7,10-12H2,1-6H3. The van der Waals surface area contributed by atoms with Gasteiger partial charge in [0.2, 0.25) is 0 Å². The molecule has 1 fully saturated rings. The van der Waals surface area contributed by atoms with E-state index in [4.69, 9.17) is 21.4 Å². The maximum atomic E-state index is 10.3. The van der Waals surface area contributed by atoms with E-state index in [2.05, 4.69) is 34.8 Å². The molecule has 1 aliphatic heterocycles. The van der Waals surface area contributed by atoms with Crippen LogP contribution in [0.5, 0.6) is 5.75 Å². The van der Waals surface area contributed by atoms with Gasteiger partial charge in [0.1, 0.15) is 18.1 Å². The predicted octanol–water partition coefficient (Wildman–Crippen LogP) is 4.39. The minimum absolute atomic E-state index is 0.0937. The quantitative estimate of drug-likeness (QED) is 0.493. The third-order valence-corrected chi connectivity index (χ3v) is 7.16. The molecule has 0 aliphatic carbocycles. The van der Waals surface area contributed by atoms with E-state index in [0.29, 0.717) is 28.8 Å². The number of halogens is 1. The molecule has 2 atom stereocenters. The fraction of sp³-hybridized carbons (Fsp3) is 0.538. The number of hydrogen-bond acceptors (Lipinski definition) is 7. The van der Waals surface area contributed by atoms with Crippen LogP contribution in [0.25, 0.3) is 11.0 Å². The van der Waals surface area contributed by atoms with Crippen molar-refractivity contribution >= 4 is 22.6 Å². The van der Waals surface area contributed by atoms with Crippen molar-refractivity contribution in [3.63, 3.8) is 0 Å². The summed E-state index contributed by atoms with van der Waals surface area (Å²) in [5.74, 6) is 1.20. The second-order valence-corrected chi connectivity index (χ2v) is 10.4. The highest BCUT2D eigenvalue weighted by molar-refractivity contribution is 6.32. The number of β-amino-alcohol motifs (C(OH)–C–C–N with tert-alkyl or cyclic N) is 1. The Hall–Kier alpha value is -2.73. The van der Waals surface area contributed by atoms with E-state index < -0.39 is 0 Å². The molecular weight excluding hydrogens is 464 g/mol. The minimum Gasteiger partial charge on any atom is -0.496 e. The molecule has 3 heterocycles. The number of nitrogens with zero attached hydrogens (tertiary/aromatic N) is 6. The molecule has 0 amide bonds. The van der Waals surface area contributed by atoms with Crippen LogP contribution in [0.4, 0.5) is 0 Å². The lowest BCUT2D eigenvalue weighted by atomic mass is 9.84. The average Bonchev–Trinajstić information content (AvgIpc) is 3.12. The Balaban J connectivity index is 1.71. The normalized spacial score (nSPS) is 16.3. The predicted molar refractivity (Wildman–Crippen MR) is 136 cm³/mol. The monoisotopic (exact) mass is 496 g/mol. The van der Waals surface area contributed by atoms with Gasteiger partial charge in [0.15, 0.2) is 5.65 Å². The van der Waals surface area contributed by atoms with Crippen molar-refractivity contribution < 1.29 is 9.84 Å². The fourth-order valence-corrected chi connectivity index (χ4v) is 5.51. The van der Waals surface area contributed by atoms with Gasteiger partial charge in [0, 0.05) is 36.7 Å². The third-order valence-electron chi connectivity index (χ3n) is 6.86. The van der Waals surface area contributed by atoms with Crippen molar-refractivity contribution in [3.8, 4) is 11.8 Å². The molecule has 0 radical (unpaired) electrons. The molecule has 4 rings (SSSR count). The molecule has 0 spiro atoms. The molecule has 1 saturated heterocycles. The van der Waals surface area contributed by atoms with Crippen molar-refractivity contribution in [1.82, 2.24) is 24.6 Å². The summed E-state index contributed by atoms with van der Waals surface area (Å²) in [6.07, 6.45) is 1.96. The number of hydrogen-bond donors (Lipinski definition) is 1. The van der Waals surface area contributed by atoms with Crippen molar-refractivity contribution in [2.75, 3.05) is 26.7 Å². The average molecular weight is 497 g/mol. The van der Waals surface area contributed by atoms with Crippen LogP contribution in [0.15, 0.2) is 12.4 Å². The summed E-state index contributed by atoms with van der Waals surface area (Å²) in [5.41, 5.74) is 4.62. The molecule has 8 nitrogen and oxygen atoms in total. The first kappa shape index (κ1) is 25.4. The smallest absolute Gasteiger partial charge is 0.162 e. The lowest BCUT2D eigenvalue weighted by Gasteiger charge is -2.42. The van der Waals surface area contributed by atoms with Gasteiger partial charge in [-0.3, -0.25) is 4.90 Å². The summed E-state index contributed by atoms with van der Waals surface area (Å²) in [4.78, 5) is 11.0. The van der Waals surface area contributed by atoms with Gasteiger partial charge in [-0.25, -0.2) is 14.6 Å². The molecule has 0 bridgehead atoms. The maximum Gasteiger partial charge on any atom is 0.162 e. The Morgan fingerprint density at radius 1 is 1.23 bits per heavy atom. The van der Waals surface area contributed by atoms with E-state index in [1.165, 1.54) is 0 Å². The second-order valence-electron chi connectivity index (χ2n) is 9.94. The molecule has 1 aromatic carbocycles. The molecular formula is C26H33ClN6O2. The number of rotatable bonds is 8. The van der Waals surface area contributed by atoms with Gasteiger partial charge in [-0.15, -0.1) is 0 Å². The SMILES string of the molecule is COc1c(C(C)n2nc(C)c3c(C)ncnc32)cc(Cl)c(C#N)c1C1CN(CC(O)CC(C)C)C1. The molecule has 1 N–H and O–H groups in total. The Bertz CT molecular complexity index is 1280. The molecule has 186 valence electrons. The maximum absolute atomic E-state index is 10.3. The van der Waals surface area contributed by atoms with E-state index in [-0.39, 0.29) is 18.1 Å². The molecule has 1 aliphatic rings. The summed E-state index contributed by atoms with van der Waals surface area (Å²) in [5, 5.41) is 26.4. The summed E-state index contributed by atoms with van der Waals surface area (Å²) in [6, 6.07) is 3.87. The third kappa shape index (κ3) is 4.73. The summed E-state index contributed by atoms with van der Waals surface area (Å²) >= 11 is 6.66. The number of aliphatic hydroxyl groups excluding tert-OH is 1. The zero-order valence-electron chi connectivity index (χ0n) is 21.2. The number of aryl methyl sites for hydroxylation is 2. The molecule has 35 heavy (non-hydrogen) atoms. The van der Waals surface area contributed by atoms with Gasteiger partial charge in [-0.2, -0.15) is 10.4 Å². The number of ether oxygens (including phenoxy) is 1. The minimum atomic E-state index is -0.356. The lowest BCUT2D eigenvalue weighted by molar-refractivity contribution is 0.0534. The molecule has 9 heteroatoms. The molecule has 3 aromatic rings. The van der Waals surface area contributed by atoms with E-state index in [1.807, 2.05) is 31.5 Å². The molecule has 2 aromatic heterocycles. The van der Waals surface area contributed by atoms with Crippen LogP contribution in [-0.4, -0.2) is 62.6 Å². The Morgan fingerprint density at radius 2 is 1.94 bits per heavy atom. The van der Waals surface area contributed by atoms with Gasteiger partial charge in [0.05, 0.1) is 46.6 Å². The van der Waals surface area contributed by atoms with Gasteiger partial charge in [-0.05, 0) is 39.2 Å². The van der Waals surface area contributed by atoms with Crippen LogP contribution in [0.1, 0.15) is 67.2 Å². The van der Waals surface area contributed by atoms with E-state index >= 15 is 0 Å². The number of fused-ring (bicyclic) bond motifs is 1. The van der Waals surface area contributed by atoms with Gasteiger partial charge < -0.3 is 9.84 Å². The number of methoxy groups -OCH3 is 1. The van der Waals surface area contributed by atoms with Gasteiger partial charge in [-0.1, -0.05) is 25.4 Å². The Morgan fingerprint density at radius 3 is 2.57 bits per heavy atom. The van der Waals surface area contributed by atoms with E-state index in [0.717, 1.165) is 53.1 Å². The summed E-state index contributed by atoms with van der Waals surface area (Å²) < 4.78 is 7.81. The van der Waals surface area contributed by atoms with E-state index in [9.17, 15) is 10.4 Å². The lowest BCUT2D eigenvalue weighted by Crippen LogP contribution is -2.48. The first-order chi connectivity index (χ1) is 16.7. The van der Waals surface area contributed by atoms with Crippen molar-refractivity contribution in [3.05, 3.63) is 45.5 Å². The van der Waals surface area contributed by atoms with Crippen LogP contribution in [0.2, 0.25) is 5.02 Å². The number of aliphatic hydroxyl groups is 1. The van der Waals surface area contributed by atoms with Crippen molar-refractivity contribution in [2.24, 2.45) is 5.92 Å². The number of nitriles is 1. The highest BCUT2D eigenvalue weighted by Crippen LogP contribution is 2.44. The first-order valence-electron chi connectivity index (χ1n) is 12.0. The largest absolute Gasteiger partial charge is 0.496 e. The number of aromatic nitrogens is 4. The zero-order chi connectivity index (χ0) is 25.4. The highest BCUT2D eigenvalue weighted by atomic mass is 35.5. The fourth-order valence-electron chi connectivity index (χ4n) is 5.25. The van der Waals surface area contributed by atoms with Crippen LogP contribution in [0.3, 0.4) is 0 Å². The number of benzene rings is 1. The Labute approximate surface area is 211 Å². The topological polar surface area (TPSA) is 100 Å². The van der Waals surface area contributed by atoms with Crippen LogP contribution >= 0.6 is 11.6 Å². The van der Waals surface area contributed by atoms with Crippen molar-refractivity contribution in [2.45, 2.75) is 59.1 Å². The highest BCUT2D eigenvalue weighted by Gasteiger charge is 2.36. The van der Waals surface area contributed by atoms with Crippen LogP contribution in [0, 0.1) is 31.1 Å². The van der Waals surface area contributed by atoms with Gasteiger partial charge >= 0.3 is 0 Å². The molecule has 2 unspecified atom stereocenters. The first-order valence-corrected chi connectivity index (χ1v) is 12.4. The Kier molecular flexibility index (Phi) is 7.32. The second kappa shape index (κ2) is 10.1. The summed E-state index contributed by atoms with van der Waals surface area (Å²) in [7, 11) is 1.63. The van der Waals surface area contributed by atoms with Crippen LogP contribution < -0.4 is 4.74 Å². The van der Waals surface area contributed by atoms with Crippen molar-refractivity contribution in [1.29, 1.82) is 5.26 Å².